The molecule has 0 aliphatic carbocycles. The number of cyclic esters (lactones) is 2. The highest BCUT2D eigenvalue weighted by Gasteiger charge is 2.47. The fourth-order valence-corrected chi connectivity index (χ4v) is 11.6. The van der Waals surface area contributed by atoms with Crippen molar-refractivity contribution in [3.05, 3.63) is 124 Å². The van der Waals surface area contributed by atoms with Crippen molar-refractivity contribution < 1.29 is 43.7 Å². The molecule has 1 amide bonds. The molecule has 0 unspecified atom stereocenters. The summed E-state index contributed by atoms with van der Waals surface area (Å²) in [6.07, 6.45) is 6.32. The topological polar surface area (TPSA) is 239 Å². The molecule has 6 aliphatic heterocycles. The second-order valence-electron chi connectivity index (χ2n) is 19.4. The number of carbonyl (C=O) groups is 3. The van der Waals surface area contributed by atoms with Crippen molar-refractivity contribution in [2.75, 3.05) is 26.2 Å². The third-order valence-electron chi connectivity index (χ3n) is 15.7. The maximum absolute atomic E-state index is 13.6. The van der Waals surface area contributed by atoms with E-state index < -0.39 is 28.1 Å². The lowest BCUT2D eigenvalue weighted by Crippen LogP contribution is -2.48. The molecule has 6 aliphatic rings. The van der Waals surface area contributed by atoms with Gasteiger partial charge in [0.15, 0.2) is 11.2 Å². The molecule has 19 heteroatoms. The molecule has 10 heterocycles. The summed E-state index contributed by atoms with van der Waals surface area (Å²) < 4.78 is 19.3. The summed E-state index contributed by atoms with van der Waals surface area (Å²) in [5.41, 5.74) is 2.63. The number of carbonyl (C=O) groups excluding carboxylic acids is 3. The highest BCUT2D eigenvalue weighted by Crippen LogP contribution is 2.42. The summed E-state index contributed by atoms with van der Waals surface area (Å²) in [6, 6.07) is 15.7. The smallest absolute Gasteiger partial charge is 0.415 e. The van der Waals surface area contributed by atoms with Crippen molar-refractivity contribution in [2.24, 2.45) is 0 Å². The molecule has 2 saturated heterocycles. The molecule has 19 nitrogen and oxygen atoms in total. The minimum Gasteiger partial charge on any atom is -0.458 e. The third kappa shape index (κ3) is 7.38. The zero-order chi connectivity index (χ0) is 50.4. The summed E-state index contributed by atoms with van der Waals surface area (Å²) in [5, 5.41) is 34.6. The van der Waals surface area contributed by atoms with E-state index in [4.69, 9.17) is 19.2 Å². The number of esters is 2. The van der Waals surface area contributed by atoms with Gasteiger partial charge in [-0.05, 0) is 106 Å². The lowest BCUT2D eigenvalue weighted by molar-refractivity contribution is -0.383. The number of amides is 1. The fourth-order valence-electron chi connectivity index (χ4n) is 11.6. The maximum atomic E-state index is 13.6. The van der Waals surface area contributed by atoms with Crippen LogP contribution in [-0.4, -0.2) is 94.3 Å². The predicted molar refractivity (Wildman–Crippen MR) is 261 cm³/mol. The Labute approximate surface area is 411 Å². The van der Waals surface area contributed by atoms with Gasteiger partial charge in [0.2, 0.25) is 0 Å². The number of aliphatic hydroxyl groups is 2. The number of hydrogen-bond donors (Lipinski definition) is 2. The van der Waals surface area contributed by atoms with Gasteiger partial charge in [-0.25, -0.2) is 24.4 Å². The lowest BCUT2D eigenvalue weighted by Gasteiger charge is -2.39. The van der Waals surface area contributed by atoms with Crippen LogP contribution in [0.4, 0.5) is 10.5 Å². The molecule has 2 atom stereocenters. The van der Waals surface area contributed by atoms with Crippen LogP contribution in [0.3, 0.4) is 0 Å². The van der Waals surface area contributed by atoms with Crippen LogP contribution in [0.5, 0.6) is 5.75 Å². The minimum absolute atomic E-state index is 0.0558. The van der Waals surface area contributed by atoms with Crippen LogP contribution in [0.1, 0.15) is 105 Å². The molecule has 0 spiro atoms. The molecule has 372 valence electrons. The first-order chi connectivity index (χ1) is 34.7. The second kappa shape index (κ2) is 17.7. The molecule has 0 radical (unpaired) electrons. The summed E-state index contributed by atoms with van der Waals surface area (Å²) in [4.78, 5) is 89.2. The maximum Gasteiger partial charge on any atom is 0.415 e. The van der Waals surface area contributed by atoms with E-state index in [0.717, 1.165) is 34.9 Å². The number of fused-ring (bicyclic) bond motifs is 10. The Kier molecular flexibility index (Phi) is 11.6. The van der Waals surface area contributed by atoms with Gasteiger partial charge in [0, 0.05) is 52.8 Å². The Morgan fingerprint density at radius 1 is 0.750 bits per heavy atom. The molecule has 4 aromatic heterocycles. The van der Waals surface area contributed by atoms with Gasteiger partial charge in [0.25, 0.3) is 16.8 Å². The zero-order valence-electron chi connectivity index (χ0n) is 40.2. The van der Waals surface area contributed by atoms with Crippen LogP contribution >= 0.6 is 0 Å². The molecule has 6 aromatic rings. The summed E-state index contributed by atoms with van der Waals surface area (Å²) in [7, 11) is 0. The molecule has 12 rings (SSSR count). The zero-order valence-corrected chi connectivity index (χ0v) is 40.2. The van der Waals surface area contributed by atoms with Gasteiger partial charge in [-0.2, -0.15) is 0 Å². The number of hydrogen-bond acceptors (Lipinski definition) is 15. The quantitative estimate of drug-likeness (QED) is 0.109. The SMILES string of the molecule is CC[C@@]1(O)C(=O)OCc2c1cc1n(c2=O)Cc2cc3c([N+](=O)[O-])cccc3nc2-1.CCc1c2c(nc3ccc(OC(=O)N4CCC(N5CCCCC5)CC4)cc13)-c1cc3c(c(=O)n1C2)COC(=O)[C@]3(O)CC. The van der Waals surface area contributed by atoms with Crippen LogP contribution in [0.15, 0.2) is 64.2 Å². The van der Waals surface area contributed by atoms with E-state index in [1.165, 1.54) is 43.0 Å². The van der Waals surface area contributed by atoms with Crippen molar-refractivity contribution in [1.82, 2.24) is 28.9 Å². The van der Waals surface area contributed by atoms with Crippen LogP contribution in [-0.2, 0) is 63.0 Å². The average Bonchev–Trinajstić information content (AvgIpc) is 3.95. The molecular formula is C53H53N7O12. The van der Waals surface area contributed by atoms with Crippen molar-refractivity contribution in [2.45, 2.75) is 116 Å². The molecule has 2 aromatic carbocycles. The molecule has 2 N–H and O–H groups in total. The summed E-state index contributed by atoms with van der Waals surface area (Å²) in [6.45, 7) is 9.29. The molecule has 2 fully saturated rings. The van der Waals surface area contributed by atoms with Gasteiger partial charge < -0.3 is 43.4 Å². The minimum atomic E-state index is -1.89. The molecule has 0 bridgehead atoms. The van der Waals surface area contributed by atoms with Crippen LogP contribution in [0.2, 0.25) is 0 Å². The number of non-ortho nitro benzene ring substituents is 1. The largest absolute Gasteiger partial charge is 0.458 e. The first-order valence-electron chi connectivity index (χ1n) is 24.7. The highest BCUT2D eigenvalue weighted by molar-refractivity contribution is 5.92. The van der Waals surface area contributed by atoms with E-state index in [-0.39, 0.29) is 66.6 Å². The number of aromatic nitrogens is 4. The fraction of sp³-hybridized carbons (Fsp3) is 0.415. The number of ether oxygens (including phenoxy) is 3. The molecular weight excluding hydrogens is 927 g/mol. The number of piperidine rings is 2. The Morgan fingerprint density at radius 3 is 1.96 bits per heavy atom. The van der Waals surface area contributed by atoms with Gasteiger partial charge in [-0.15, -0.1) is 0 Å². The lowest BCUT2D eigenvalue weighted by atomic mass is 9.86. The number of nitro groups is 1. The number of pyridine rings is 4. The summed E-state index contributed by atoms with van der Waals surface area (Å²) >= 11 is 0. The predicted octanol–water partition coefficient (Wildman–Crippen LogP) is 6.08. The van der Waals surface area contributed by atoms with Crippen LogP contribution in [0.25, 0.3) is 44.6 Å². The highest BCUT2D eigenvalue weighted by atomic mass is 16.6. The Hall–Kier alpha value is -7.35. The van der Waals surface area contributed by atoms with Gasteiger partial charge >= 0.3 is 18.0 Å². The van der Waals surface area contributed by atoms with Gasteiger partial charge in [-0.3, -0.25) is 19.7 Å². The van der Waals surface area contributed by atoms with Crippen molar-refractivity contribution in [3.63, 3.8) is 0 Å². The van der Waals surface area contributed by atoms with Gasteiger partial charge in [0.1, 0.15) is 19.0 Å². The Balaban J connectivity index is 0.000000168. The van der Waals surface area contributed by atoms with Gasteiger partial charge in [-0.1, -0.05) is 33.3 Å². The summed E-state index contributed by atoms with van der Waals surface area (Å²) in [5.74, 6) is -1.05. The first-order valence-corrected chi connectivity index (χ1v) is 24.7. The Morgan fingerprint density at radius 2 is 1.35 bits per heavy atom. The number of nitro benzene ring substituents is 1. The number of likely N-dealkylation sites (tertiary alicyclic amines) is 2. The van der Waals surface area contributed by atoms with E-state index in [2.05, 4.69) is 16.8 Å². The van der Waals surface area contributed by atoms with Gasteiger partial charge in [0.05, 0.1) is 68.3 Å². The Bertz CT molecular complexity index is 3450. The number of nitrogens with zero attached hydrogens (tertiary/aromatic N) is 7. The van der Waals surface area contributed by atoms with E-state index in [9.17, 15) is 44.3 Å². The van der Waals surface area contributed by atoms with E-state index in [1.807, 2.05) is 17.0 Å². The number of rotatable bonds is 6. The third-order valence-corrected chi connectivity index (χ3v) is 15.7. The monoisotopic (exact) mass is 979 g/mol. The van der Waals surface area contributed by atoms with E-state index in [1.54, 1.807) is 54.8 Å². The van der Waals surface area contributed by atoms with Crippen LogP contribution in [0, 0.1) is 10.1 Å². The van der Waals surface area contributed by atoms with Crippen molar-refractivity contribution >= 4 is 45.5 Å². The number of benzene rings is 2. The molecule has 72 heavy (non-hydrogen) atoms. The molecule has 0 saturated carbocycles. The van der Waals surface area contributed by atoms with Crippen molar-refractivity contribution in [3.8, 4) is 28.5 Å². The van der Waals surface area contributed by atoms with Crippen molar-refractivity contribution in [1.29, 1.82) is 0 Å². The van der Waals surface area contributed by atoms with E-state index in [0.29, 0.717) is 88.2 Å². The number of aryl methyl sites for hydroxylation is 1. The standard InChI is InChI=1S/C33H38N4O6.C20H15N3O6/c1-3-22-23-16-21(43-32(40)36-14-10-20(11-15-36)35-12-6-5-7-13-35)8-9-27(23)34-29-24(22)18-37-28(29)17-26-25(30(37)38)19-42-31(39)33(26,41)4-2;1-2-20(26)13-7-16-17-10(8-22(16)18(24)12(13)9-29-19(20)25)6-11-14(21-17)4-3-5-15(11)23(27)28/h8-9,16-17,20,41H,3-7,10-15,18-19H2,1-2H3;3-7,26H,2,8-9H2,1H3/t33-;20-/m00/s1. The van der Waals surface area contributed by atoms with Crippen LogP contribution < -0.4 is 15.9 Å². The normalized spacial score (nSPS) is 21.1. The average molecular weight is 980 g/mol. The second-order valence-corrected chi connectivity index (χ2v) is 19.4. The first kappa shape index (κ1) is 47.0. The van der Waals surface area contributed by atoms with E-state index >= 15 is 0 Å².